The van der Waals surface area contributed by atoms with Crippen LogP contribution < -0.4 is 10.1 Å². The number of pyridine rings is 1. The Labute approximate surface area is 150 Å². The van der Waals surface area contributed by atoms with Crippen molar-refractivity contribution in [2.75, 3.05) is 12.4 Å². The lowest BCUT2D eigenvalue weighted by molar-refractivity contribution is -0.120. The molecule has 3 aromatic rings. The molecule has 0 aliphatic heterocycles. The van der Waals surface area contributed by atoms with Crippen molar-refractivity contribution in [1.82, 2.24) is 9.38 Å². The van der Waals surface area contributed by atoms with Gasteiger partial charge in [0.15, 0.2) is 0 Å². The van der Waals surface area contributed by atoms with E-state index in [1.54, 1.807) is 25.3 Å². The summed E-state index contributed by atoms with van der Waals surface area (Å²) in [5, 5.41) is 3.45. The van der Waals surface area contributed by atoms with E-state index in [2.05, 4.69) is 14.7 Å². The maximum Gasteiger partial charge on any atom is 0.227 e. The number of aromatic nitrogens is 2. The predicted molar refractivity (Wildman–Crippen MR) is 97.3 cm³/mol. The molecule has 1 N–H and O–H groups in total. The molecule has 128 valence electrons. The van der Waals surface area contributed by atoms with Crippen LogP contribution in [0.1, 0.15) is 17.8 Å². The molecule has 25 heavy (non-hydrogen) atoms. The van der Waals surface area contributed by atoms with E-state index in [-0.39, 0.29) is 11.8 Å². The summed E-state index contributed by atoms with van der Waals surface area (Å²) in [6.45, 7) is 0. The Bertz CT molecular complexity index is 951. The van der Waals surface area contributed by atoms with Crippen molar-refractivity contribution in [1.29, 1.82) is 0 Å². The van der Waals surface area contributed by atoms with Gasteiger partial charge in [-0.05, 0) is 43.2 Å². The van der Waals surface area contributed by atoms with E-state index in [0.29, 0.717) is 22.9 Å². The van der Waals surface area contributed by atoms with E-state index in [0.717, 1.165) is 29.9 Å². The Morgan fingerprint density at radius 1 is 1.36 bits per heavy atom. The SMILES string of the molecule is COc1ccc(NC(=O)C2CCc3nc4ccccn4c3C2)cc1Cl. The first-order chi connectivity index (χ1) is 12.2. The van der Waals surface area contributed by atoms with Crippen LogP contribution in [0.15, 0.2) is 42.6 Å². The number of hydrogen-bond donors (Lipinski definition) is 1. The Morgan fingerprint density at radius 2 is 2.24 bits per heavy atom. The maximum absolute atomic E-state index is 12.7. The number of hydrogen-bond acceptors (Lipinski definition) is 3. The lowest BCUT2D eigenvalue weighted by atomic mass is 9.89. The van der Waals surface area contributed by atoms with E-state index in [1.165, 1.54) is 0 Å². The Balaban J connectivity index is 1.53. The summed E-state index contributed by atoms with van der Waals surface area (Å²) < 4.78 is 7.22. The van der Waals surface area contributed by atoms with Crippen molar-refractivity contribution in [3.8, 4) is 5.75 Å². The minimum Gasteiger partial charge on any atom is -0.495 e. The second-order valence-corrected chi connectivity index (χ2v) is 6.62. The largest absolute Gasteiger partial charge is 0.495 e. The molecular weight excluding hydrogens is 338 g/mol. The van der Waals surface area contributed by atoms with E-state index in [1.807, 2.05) is 24.4 Å². The summed E-state index contributed by atoms with van der Waals surface area (Å²) in [5.74, 6) is 0.527. The number of anilines is 1. The molecule has 5 nitrogen and oxygen atoms in total. The number of ether oxygens (including phenoxy) is 1. The van der Waals surface area contributed by atoms with Gasteiger partial charge in [0.1, 0.15) is 11.4 Å². The van der Waals surface area contributed by atoms with Crippen LogP contribution in [-0.4, -0.2) is 22.4 Å². The molecule has 4 rings (SSSR count). The second kappa shape index (κ2) is 6.41. The number of carbonyl (C=O) groups is 1. The van der Waals surface area contributed by atoms with Gasteiger partial charge in [-0.3, -0.25) is 4.79 Å². The van der Waals surface area contributed by atoms with E-state index >= 15 is 0 Å². The Hall–Kier alpha value is -2.53. The highest BCUT2D eigenvalue weighted by Gasteiger charge is 2.28. The van der Waals surface area contributed by atoms with Gasteiger partial charge in [0.05, 0.1) is 17.8 Å². The lowest BCUT2D eigenvalue weighted by Gasteiger charge is -2.21. The summed E-state index contributed by atoms with van der Waals surface area (Å²) in [5.41, 5.74) is 3.85. The Morgan fingerprint density at radius 3 is 3.04 bits per heavy atom. The summed E-state index contributed by atoms with van der Waals surface area (Å²) >= 11 is 6.13. The minimum absolute atomic E-state index is 0.0118. The third-order valence-corrected chi connectivity index (χ3v) is 4.97. The standard InChI is InChI=1S/C19H18ClN3O2/c1-25-17-8-6-13(11-14(17)20)21-19(24)12-5-7-15-16(10-12)23-9-3-2-4-18(23)22-15/h2-4,6,8-9,11-12H,5,7,10H2,1H3,(H,21,24). The van der Waals surface area contributed by atoms with Gasteiger partial charge in [-0.2, -0.15) is 0 Å². The fourth-order valence-corrected chi connectivity index (χ4v) is 3.63. The average molecular weight is 356 g/mol. The number of imidazole rings is 1. The van der Waals surface area contributed by atoms with Crippen LogP contribution in [0.25, 0.3) is 5.65 Å². The van der Waals surface area contributed by atoms with Gasteiger partial charge in [-0.25, -0.2) is 4.98 Å². The number of benzene rings is 1. The first-order valence-corrected chi connectivity index (χ1v) is 8.63. The van der Waals surface area contributed by atoms with Crippen molar-refractivity contribution in [3.63, 3.8) is 0 Å². The van der Waals surface area contributed by atoms with E-state index < -0.39 is 0 Å². The monoisotopic (exact) mass is 355 g/mol. The molecule has 1 aromatic carbocycles. The molecule has 2 aromatic heterocycles. The predicted octanol–water partition coefficient (Wildman–Crippen LogP) is 3.74. The van der Waals surface area contributed by atoms with E-state index in [9.17, 15) is 4.79 Å². The molecule has 0 saturated carbocycles. The fourth-order valence-electron chi connectivity index (χ4n) is 3.37. The lowest BCUT2D eigenvalue weighted by Crippen LogP contribution is -2.28. The van der Waals surface area contributed by atoms with Crippen LogP contribution in [0, 0.1) is 5.92 Å². The van der Waals surface area contributed by atoms with Crippen molar-refractivity contribution in [2.45, 2.75) is 19.3 Å². The first-order valence-electron chi connectivity index (χ1n) is 8.25. The van der Waals surface area contributed by atoms with Crippen LogP contribution in [0.5, 0.6) is 5.75 Å². The quantitative estimate of drug-likeness (QED) is 0.778. The molecule has 0 bridgehead atoms. The van der Waals surface area contributed by atoms with Crippen LogP contribution in [0.2, 0.25) is 5.02 Å². The zero-order chi connectivity index (χ0) is 17.4. The second-order valence-electron chi connectivity index (χ2n) is 6.21. The average Bonchev–Trinajstić information content (AvgIpc) is 2.99. The van der Waals surface area contributed by atoms with Gasteiger partial charge in [0.2, 0.25) is 5.91 Å². The number of carbonyl (C=O) groups excluding carboxylic acids is 1. The molecule has 6 heteroatoms. The van der Waals surface area contributed by atoms with Crippen LogP contribution in [-0.2, 0) is 17.6 Å². The van der Waals surface area contributed by atoms with Gasteiger partial charge in [-0.1, -0.05) is 17.7 Å². The van der Waals surface area contributed by atoms with Crippen LogP contribution in [0.3, 0.4) is 0 Å². The molecule has 0 fully saturated rings. The molecule has 2 heterocycles. The van der Waals surface area contributed by atoms with Gasteiger partial charge in [0, 0.05) is 29.9 Å². The summed E-state index contributed by atoms with van der Waals surface area (Å²) in [6, 6.07) is 11.2. The first kappa shape index (κ1) is 16.0. The zero-order valence-corrected chi connectivity index (χ0v) is 14.6. The smallest absolute Gasteiger partial charge is 0.227 e. The topological polar surface area (TPSA) is 55.6 Å². The van der Waals surface area contributed by atoms with Gasteiger partial charge < -0.3 is 14.5 Å². The van der Waals surface area contributed by atoms with Crippen LogP contribution in [0.4, 0.5) is 5.69 Å². The number of methoxy groups -OCH3 is 1. The molecule has 1 aliphatic carbocycles. The summed E-state index contributed by atoms with van der Waals surface area (Å²) in [7, 11) is 1.56. The van der Waals surface area contributed by atoms with Crippen molar-refractivity contribution < 1.29 is 9.53 Å². The summed E-state index contributed by atoms with van der Waals surface area (Å²) in [4.78, 5) is 17.3. The number of nitrogens with one attached hydrogen (secondary N) is 1. The highest BCUT2D eigenvalue weighted by molar-refractivity contribution is 6.32. The minimum atomic E-state index is -0.0755. The number of aryl methyl sites for hydroxylation is 1. The van der Waals surface area contributed by atoms with Crippen molar-refractivity contribution in [2.24, 2.45) is 5.92 Å². The number of nitrogens with zero attached hydrogens (tertiary/aromatic N) is 2. The normalized spacial score (nSPS) is 16.5. The third-order valence-electron chi connectivity index (χ3n) is 4.67. The van der Waals surface area contributed by atoms with Crippen molar-refractivity contribution in [3.05, 3.63) is 59.0 Å². The third kappa shape index (κ3) is 2.96. The fraction of sp³-hybridized carbons (Fsp3) is 0.263. The molecule has 0 saturated heterocycles. The summed E-state index contributed by atoms with van der Waals surface area (Å²) in [6.07, 6.45) is 4.31. The number of rotatable bonds is 3. The molecule has 1 aliphatic rings. The highest BCUT2D eigenvalue weighted by atomic mass is 35.5. The number of halogens is 1. The zero-order valence-electron chi connectivity index (χ0n) is 13.8. The Kier molecular flexibility index (Phi) is 4.09. The number of fused-ring (bicyclic) bond motifs is 3. The van der Waals surface area contributed by atoms with Gasteiger partial charge in [0.25, 0.3) is 0 Å². The molecule has 1 atom stereocenters. The maximum atomic E-state index is 12.7. The van der Waals surface area contributed by atoms with Crippen molar-refractivity contribution >= 4 is 28.8 Å². The molecule has 1 unspecified atom stereocenters. The van der Waals surface area contributed by atoms with E-state index in [4.69, 9.17) is 16.3 Å². The molecule has 0 spiro atoms. The molecule has 1 amide bonds. The molecular formula is C19H18ClN3O2. The van der Waals surface area contributed by atoms with Crippen LogP contribution >= 0.6 is 11.6 Å². The highest BCUT2D eigenvalue weighted by Crippen LogP contribution is 2.30. The molecule has 0 radical (unpaired) electrons. The number of amides is 1. The van der Waals surface area contributed by atoms with Gasteiger partial charge in [-0.15, -0.1) is 0 Å². The van der Waals surface area contributed by atoms with Gasteiger partial charge >= 0.3 is 0 Å².